The summed E-state index contributed by atoms with van der Waals surface area (Å²) in [4.78, 5) is 21.2. The van der Waals surface area contributed by atoms with Gasteiger partial charge in [-0.25, -0.2) is 0 Å². The second-order valence-electron chi connectivity index (χ2n) is 6.95. The molecule has 0 spiro atoms. The van der Waals surface area contributed by atoms with Gasteiger partial charge in [0.25, 0.3) is 0 Å². The number of guanidine groups is 1. The van der Waals surface area contributed by atoms with Gasteiger partial charge in [-0.1, -0.05) is 6.92 Å². The van der Waals surface area contributed by atoms with E-state index in [1.54, 1.807) is 7.05 Å². The molecule has 6 nitrogen and oxygen atoms in total. The molecule has 1 aliphatic heterocycles. The fourth-order valence-electron chi connectivity index (χ4n) is 3.09. The van der Waals surface area contributed by atoms with Crippen LogP contribution < -0.4 is 10.6 Å². The molecular formula is C17H35N5O. The fourth-order valence-corrected chi connectivity index (χ4v) is 3.09. The van der Waals surface area contributed by atoms with Crippen LogP contribution in [0.3, 0.4) is 0 Å². The Bertz CT molecular complexity index is 408. The predicted octanol–water partition coefficient (Wildman–Crippen LogP) is 1.14. The summed E-state index contributed by atoms with van der Waals surface area (Å²) < 4.78 is 0. The molecule has 1 atom stereocenters. The third kappa shape index (κ3) is 5.68. The van der Waals surface area contributed by atoms with E-state index in [4.69, 9.17) is 0 Å². The van der Waals surface area contributed by atoms with Gasteiger partial charge in [0.2, 0.25) is 5.91 Å². The largest absolute Gasteiger partial charge is 0.356 e. The summed E-state index contributed by atoms with van der Waals surface area (Å²) in [6, 6.07) is 0.597. The minimum atomic E-state index is -0.463. The first-order valence-corrected chi connectivity index (χ1v) is 8.79. The first kappa shape index (κ1) is 19.7. The van der Waals surface area contributed by atoms with Gasteiger partial charge in [-0.3, -0.25) is 14.7 Å². The Morgan fingerprint density at radius 3 is 2.61 bits per heavy atom. The summed E-state index contributed by atoms with van der Waals surface area (Å²) in [5, 5.41) is 6.24. The molecule has 1 saturated heterocycles. The van der Waals surface area contributed by atoms with Crippen molar-refractivity contribution in [1.82, 2.24) is 20.4 Å². The molecule has 0 aromatic carbocycles. The van der Waals surface area contributed by atoms with E-state index in [9.17, 15) is 4.79 Å². The normalized spacial score (nSPS) is 19.7. The Kier molecular flexibility index (Phi) is 7.82. The summed E-state index contributed by atoms with van der Waals surface area (Å²) in [6.07, 6.45) is 2.53. The number of likely N-dealkylation sites (N-methyl/N-ethyl adjacent to an activating group) is 2. The lowest BCUT2D eigenvalue weighted by Gasteiger charge is -2.31. The number of rotatable bonds is 7. The highest BCUT2D eigenvalue weighted by atomic mass is 16.2. The fraction of sp³-hybridized carbons (Fsp3) is 0.882. The van der Waals surface area contributed by atoms with Crippen molar-refractivity contribution in [3.8, 4) is 0 Å². The van der Waals surface area contributed by atoms with Crippen molar-refractivity contribution in [1.29, 1.82) is 0 Å². The average molecular weight is 326 g/mol. The van der Waals surface area contributed by atoms with Crippen molar-refractivity contribution in [2.24, 2.45) is 10.4 Å². The molecule has 134 valence electrons. The Morgan fingerprint density at radius 2 is 2.04 bits per heavy atom. The van der Waals surface area contributed by atoms with Crippen molar-refractivity contribution >= 4 is 11.9 Å². The molecular weight excluding hydrogens is 290 g/mol. The van der Waals surface area contributed by atoms with Gasteiger partial charge in [0.1, 0.15) is 0 Å². The molecule has 1 heterocycles. The SMILES string of the molecule is CCNC(=O)C(C)(C)CNC(=NC)N(C)CC1CCCN1CC. The summed E-state index contributed by atoms with van der Waals surface area (Å²) in [6.45, 7) is 12.6. The molecule has 0 bridgehead atoms. The topological polar surface area (TPSA) is 60.0 Å². The molecule has 0 radical (unpaired) electrons. The molecule has 6 heteroatoms. The van der Waals surface area contributed by atoms with Crippen molar-refractivity contribution in [3.05, 3.63) is 0 Å². The molecule has 0 aliphatic carbocycles. The quantitative estimate of drug-likeness (QED) is 0.544. The van der Waals surface area contributed by atoms with Crippen LogP contribution in [0, 0.1) is 5.41 Å². The first-order valence-electron chi connectivity index (χ1n) is 8.79. The maximum atomic E-state index is 12.1. The minimum Gasteiger partial charge on any atom is -0.356 e. The number of amides is 1. The van der Waals surface area contributed by atoms with Gasteiger partial charge in [0.05, 0.1) is 5.41 Å². The van der Waals surface area contributed by atoms with Crippen molar-refractivity contribution < 1.29 is 4.79 Å². The third-order valence-corrected chi connectivity index (χ3v) is 4.60. The zero-order chi connectivity index (χ0) is 17.5. The third-order valence-electron chi connectivity index (χ3n) is 4.60. The number of carbonyl (C=O) groups is 1. The van der Waals surface area contributed by atoms with E-state index < -0.39 is 5.41 Å². The van der Waals surface area contributed by atoms with Gasteiger partial charge in [-0.15, -0.1) is 0 Å². The summed E-state index contributed by atoms with van der Waals surface area (Å²) >= 11 is 0. The molecule has 0 aromatic heterocycles. The molecule has 2 N–H and O–H groups in total. The molecule has 1 rings (SSSR count). The standard InChI is InChI=1S/C17H35N5O/c1-7-19-15(23)17(3,4)13-20-16(18-5)21(6)12-14-10-9-11-22(14)8-2/h14H,7-13H2,1-6H3,(H,18,20)(H,19,23). The molecule has 0 saturated carbocycles. The zero-order valence-corrected chi connectivity index (χ0v) is 15.8. The smallest absolute Gasteiger partial charge is 0.227 e. The highest BCUT2D eigenvalue weighted by Crippen LogP contribution is 2.17. The van der Waals surface area contributed by atoms with Crippen molar-refractivity contribution in [3.63, 3.8) is 0 Å². The van der Waals surface area contributed by atoms with Gasteiger partial charge in [0.15, 0.2) is 5.96 Å². The van der Waals surface area contributed by atoms with Crippen LogP contribution in [0.2, 0.25) is 0 Å². The van der Waals surface area contributed by atoms with Crippen molar-refractivity contribution in [2.75, 3.05) is 46.8 Å². The molecule has 0 aromatic rings. The van der Waals surface area contributed by atoms with Crippen LogP contribution in [0.25, 0.3) is 0 Å². The lowest BCUT2D eigenvalue weighted by Crippen LogP contribution is -2.50. The minimum absolute atomic E-state index is 0.0681. The Hall–Kier alpha value is -1.30. The first-order chi connectivity index (χ1) is 10.9. The van der Waals surface area contributed by atoms with Gasteiger partial charge < -0.3 is 15.5 Å². The summed E-state index contributed by atoms with van der Waals surface area (Å²) in [5.41, 5.74) is -0.463. The van der Waals surface area contributed by atoms with E-state index in [1.807, 2.05) is 20.8 Å². The van der Waals surface area contributed by atoms with Crippen LogP contribution in [-0.2, 0) is 4.79 Å². The van der Waals surface area contributed by atoms with Crippen LogP contribution in [-0.4, -0.2) is 74.5 Å². The zero-order valence-electron chi connectivity index (χ0n) is 15.8. The van der Waals surface area contributed by atoms with E-state index in [0.29, 0.717) is 19.1 Å². The van der Waals surface area contributed by atoms with E-state index in [2.05, 4.69) is 39.4 Å². The molecule has 1 fully saturated rings. The lowest BCUT2D eigenvalue weighted by molar-refractivity contribution is -0.128. The highest BCUT2D eigenvalue weighted by Gasteiger charge is 2.29. The highest BCUT2D eigenvalue weighted by molar-refractivity contribution is 5.84. The molecule has 1 amide bonds. The summed E-state index contributed by atoms with van der Waals surface area (Å²) in [5.74, 6) is 0.920. The van der Waals surface area contributed by atoms with E-state index in [-0.39, 0.29) is 5.91 Å². The number of hydrogen-bond donors (Lipinski definition) is 2. The molecule has 1 aliphatic rings. The van der Waals surface area contributed by atoms with Crippen molar-refractivity contribution in [2.45, 2.75) is 46.6 Å². The second-order valence-corrected chi connectivity index (χ2v) is 6.95. The van der Waals surface area contributed by atoms with Gasteiger partial charge in [-0.2, -0.15) is 0 Å². The Labute approximate surface area is 141 Å². The number of carbonyl (C=O) groups excluding carboxylic acids is 1. The van der Waals surface area contributed by atoms with E-state index in [0.717, 1.165) is 19.0 Å². The van der Waals surface area contributed by atoms with Crippen LogP contribution in [0.15, 0.2) is 4.99 Å². The monoisotopic (exact) mass is 325 g/mol. The number of nitrogens with zero attached hydrogens (tertiary/aromatic N) is 3. The maximum absolute atomic E-state index is 12.1. The average Bonchev–Trinajstić information content (AvgIpc) is 2.95. The van der Waals surface area contributed by atoms with Crippen LogP contribution >= 0.6 is 0 Å². The summed E-state index contributed by atoms with van der Waals surface area (Å²) in [7, 11) is 3.87. The lowest BCUT2D eigenvalue weighted by atomic mass is 9.92. The molecule has 23 heavy (non-hydrogen) atoms. The van der Waals surface area contributed by atoms with Gasteiger partial charge in [-0.05, 0) is 46.7 Å². The van der Waals surface area contributed by atoms with E-state index >= 15 is 0 Å². The molecule has 1 unspecified atom stereocenters. The Morgan fingerprint density at radius 1 is 1.35 bits per heavy atom. The maximum Gasteiger partial charge on any atom is 0.227 e. The number of aliphatic imine (C=N–C) groups is 1. The number of hydrogen-bond acceptors (Lipinski definition) is 3. The van der Waals surface area contributed by atoms with Gasteiger partial charge in [0, 0.05) is 39.8 Å². The number of nitrogens with one attached hydrogen (secondary N) is 2. The number of likely N-dealkylation sites (tertiary alicyclic amines) is 1. The predicted molar refractivity (Wildman–Crippen MR) is 96.7 cm³/mol. The van der Waals surface area contributed by atoms with Crippen LogP contribution in [0.5, 0.6) is 0 Å². The van der Waals surface area contributed by atoms with E-state index in [1.165, 1.54) is 19.4 Å². The van der Waals surface area contributed by atoms with Gasteiger partial charge >= 0.3 is 0 Å². The second kappa shape index (κ2) is 9.11. The Balaban J connectivity index is 2.54. The van der Waals surface area contributed by atoms with Crippen LogP contribution in [0.1, 0.15) is 40.5 Å². The van der Waals surface area contributed by atoms with Crippen LogP contribution in [0.4, 0.5) is 0 Å².